The third kappa shape index (κ3) is 22.5. The molecule has 0 aliphatic heterocycles. The molecule has 5 nitrogen and oxygen atoms in total. The summed E-state index contributed by atoms with van der Waals surface area (Å²) in [6.07, 6.45) is 10.5. The van der Waals surface area contributed by atoms with Gasteiger partial charge >= 0.3 is 0 Å². The van der Waals surface area contributed by atoms with Crippen molar-refractivity contribution in [3.05, 3.63) is 42.3 Å². The first kappa shape index (κ1) is 33.8. The van der Waals surface area contributed by atoms with Gasteiger partial charge in [0, 0.05) is 27.5 Å². The van der Waals surface area contributed by atoms with Gasteiger partial charge in [-0.15, -0.1) is 0 Å². The van der Waals surface area contributed by atoms with Crippen LogP contribution in [0.2, 0.25) is 0 Å². The van der Waals surface area contributed by atoms with Gasteiger partial charge in [-0.2, -0.15) is 0 Å². The first-order valence-corrected chi connectivity index (χ1v) is 6.29. The molecule has 0 atom stereocenters. The molecule has 0 aromatic heterocycles. The molecule has 124 valence electrons. The van der Waals surface area contributed by atoms with Crippen LogP contribution < -0.4 is 0 Å². The van der Waals surface area contributed by atoms with Crippen molar-refractivity contribution in [2.24, 2.45) is 5.92 Å². The molecule has 0 amide bonds. The number of hydrogen-bond acceptors (Lipinski definition) is 5. The molecule has 12 radical (unpaired) electrons. The van der Waals surface area contributed by atoms with Crippen molar-refractivity contribution in [3.8, 4) is 0 Å². The summed E-state index contributed by atoms with van der Waals surface area (Å²) in [6.45, 7) is 22.5. The maximum absolute atomic E-state index is 7.50. The maximum Gasteiger partial charge on any atom is 0.281 e. The van der Waals surface area contributed by atoms with Crippen molar-refractivity contribution in [3.63, 3.8) is 0 Å². The Hall–Kier alpha value is -1.74. The minimum Gasteiger partial charge on any atom is -0.281 e. The van der Waals surface area contributed by atoms with Crippen molar-refractivity contribution in [1.82, 2.24) is 0 Å². The van der Waals surface area contributed by atoms with Crippen LogP contribution in [0.15, 0.2) is 30.3 Å². The molecule has 1 aromatic rings. The summed E-state index contributed by atoms with van der Waals surface area (Å²) in [4.78, 5) is 37.5. The quantitative estimate of drug-likeness (QED) is 0.623. The second kappa shape index (κ2) is 37.5. The van der Waals surface area contributed by atoms with Gasteiger partial charge in [-0.1, -0.05) is 49.6 Å². The van der Waals surface area contributed by atoms with Crippen molar-refractivity contribution >= 4 is 33.9 Å². The minimum absolute atomic E-state index is 0. The van der Waals surface area contributed by atoms with E-state index in [1.807, 2.05) is 0 Å². The zero-order chi connectivity index (χ0) is 18.9. The smallest absolute Gasteiger partial charge is 0.281 e. The van der Waals surface area contributed by atoms with Crippen LogP contribution >= 0.6 is 0 Å². The van der Waals surface area contributed by atoms with Gasteiger partial charge in [-0.3, -0.25) is 24.0 Å². The molecule has 1 fully saturated rings. The van der Waals surface area contributed by atoms with Crippen LogP contribution in [0.5, 0.6) is 0 Å². The van der Waals surface area contributed by atoms with E-state index in [9.17, 15) is 0 Å². The fourth-order valence-corrected chi connectivity index (χ4v) is 2.02. The molecule has 1 aliphatic rings. The first-order valence-electron chi connectivity index (χ1n) is 6.29. The molecule has 2 rings (SSSR count). The van der Waals surface area contributed by atoms with Crippen LogP contribution in [0, 0.1) is 12.3 Å². The third-order valence-corrected chi connectivity index (χ3v) is 2.75. The SMILES string of the molecule is [C](c1ccccc1)C1CCCCC1.[C]=O.[C]=O.[C]=O.[C]=O.[C]=O.[W]. The van der Waals surface area contributed by atoms with Crippen LogP contribution in [-0.4, -0.2) is 33.9 Å². The van der Waals surface area contributed by atoms with Crippen LogP contribution in [0.1, 0.15) is 37.7 Å². The standard InChI is InChI=1S/C13H16.5CO.W/c1-3-7-12(8-4-1)11-13-9-5-2-6-10-13;5*1-2;/h1,3-4,7-8,13H,2,5-6,9-10H2;;;;;;. The fraction of sp³-hybridized carbons (Fsp3) is 0.333. The first-order chi connectivity index (χ1) is 11.4. The Morgan fingerprint density at radius 2 is 1.04 bits per heavy atom. The van der Waals surface area contributed by atoms with Crippen LogP contribution in [0.25, 0.3) is 0 Å². The van der Waals surface area contributed by atoms with Crippen LogP contribution in [0.3, 0.4) is 0 Å². The van der Waals surface area contributed by atoms with Gasteiger partial charge in [0.2, 0.25) is 0 Å². The Balaban J connectivity index is -0.0000000950. The molecule has 0 saturated heterocycles. The molecule has 0 bridgehead atoms. The van der Waals surface area contributed by atoms with Gasteiger partial charge in [-0.05, 0) is 24.3 Å². The van der Waals surface area contributed by atoms with Crippen molar-refractivity contribution in [2.75, 3.05) is 0 Å². The molecule has 0 spiro atoms. The summed E-state index contributed by atoms with van der Waals surface area (Å²) in [5.74, 6) is 0.719. The predicted octanol–water partition coefficient (Wildman–Crippen LogP) is 1.71. The molecule has 6 heteroatoms. The van der Waals surface area contributed by atoms with E-state index in [2.05, 4.69) is 70.7 Å². The zero-order valence-electron chi connectivity index (χ0n) is 12.9. The van der Waals surface area contributed by atoms with Crippen LogP contribution in [-0.2, 0) is 45.0 Å². The van der Waals surface area contributed by atoms with Crippen molar-refractivity contribution in [1.29, 1.82) is 0 Å². The van der Waals surface area contributed by atoms with E-state index >= 15 is 0 Å². The number of benzene rings is 1. The van der Waals surface area contributed by atoms with Crippen molar-refractivity contribution < 1.29 is 45.0 Å². The Labute approximate surface area is 159 Å². The summed E-state index contributed by atoms with van der Waals surface area (Å²) >= 11 is 0. The molecule has 1 aromatic carbocycles. The van der Waals surface area contributed by atoms with Gasteiger partial charge in [-0.25, -0.2) is 0 Å². The average Bonchev–Trinajstić information content (AvgIpc) is 2.71. The monoisotopic (exact) mass is 496 g/mol. The Bertz CT molecular complexity index is 307. The van der Waals surface area contributed by atoms with Gasteiger partial charge in [0.25, 0.3) is 33.9 Å². The maximum atomic E-state index is 7.50. The van der Waals surface area contributed by atoms with Crippen molar-refractivity contribution in [2.45, 2.75) is 32.1 Å². The Kier molecular flexibility index (Phi) is 52.7. The van der Waals surface area contributed by atoms with Gasteiger partial charge in [0.1, 0.15) is 0 Å². The molecule has 0 unspecified atom stereocenters. The number of hydrogen-bond donors (Lipinski definition) is 0. The Morgan fingerprint density at radius 1 is 0.667 bits per heavy atom. The van der Waals surface area contributed by atoms with E-state index < -0.39 is 0 Å². The van der Waals surface area contributed by atoms with E-state index in [0.29, 0.717) is 0 Å². The summed E-state index contributed by atoms with van der Waals surface area (Å²) in [7, 11) is 0. The van der Waals surface area contributed by atoms with E-state index in [0.717, 1.165) is 5.92 Å². The molecule has 0 N–H and O–H groups in total. The molecule has 1 saturated carbocycles. The molecule has 24 heavy (non-hydrogen) atoms. The van der Waals surface area contributed by atoms with E-state index in [1.165, 1.54) is 37.7 Å². The van der Waals surface area contributed by atoms with E-state index in [-0.39, 0.29) is 21.1 Å². The number of carbonyl (C=O) groups excluding carboxylic acids is 5. The zero-order valence-corrected chi connectivity index (χ0v) is 15.9. The second-order valence-corrected chi connectivity index (χ2v) is 3.85. The van der Waals surface area contributed by atoms with Gasteiger partial charge < -0.3 is 0 Å². The average molecular weight is 496 g/mol. The third-order valence-electron chi connectivity index (χ3n) is 2.75. The fourth-order valence-electron chi connectivity index (χ4n) is 2.02. The molecule has 0 heterocycles. The summed E-state index contributed by atoms with van der Waals surface area (Å²) in [5.41, 5.74) is 1.27. The predicted molar refractivity (Wildman–Crippen MR) is 83.8 cm³/mol. The second-order valence-electron chi connectivity index (χ2n) is 3.85. The minimum atomic E-state index is 0. The van der Waals surface area contributed by atoms with Gasteiger partial charge in [0.15, 0.2) is 0 Å². The molecular weight excluding hydrogens is 480 g/mol. The summed E-state index contributed by atoms with van der Waals surface area (Å²) < 4.78 is 0. The number of rotatable bonds is 2. The largest absolute Gasteiger partial charge is 0.281 e. The van der Waals surface area contributed by atoms with Gasteiger partial charge in [0.05, 0.1) is 0 Å². The Morgan fingerprint density at radius 3 is 1.42 bits per heavy atom. The summed E-state index contributed by atoms with van der Waals surface area (Å²) in [6, 6.07) is 10.5. The van der Waals surface area contributed by atoms with E-state index in [1.54, 1.807) is 0 Å². The van der Waals surface area contributed by atoms with E-state index in [4.69, 9.17) is 24.0 Å². The van der Waals surface area contributed by atoms with Crippen LogP contribution in [0.4, 0.5) is 0 Å². The molecule has 1 aliphatic carbocycles. The topological polar surface area (TPSA) is 85.3 Å². The normalized spacial score (nSPS) is 11.0. The summed E-state index contributed by atoms with van der Waals surface area (Å²) in [5, 5.41) is 0. The molecular formula is C18H16O5W.